The van der Waals surface area contributed by atoms with Crippen LogP contribution in [0.3, 0.4) is 0 Å². The number of anilines is 1. The number of benzene rings is 2. The van der Waals surface area contributed by atoms with Gasteiger partial charge in [-0.05, 0) is 48.9 Å². The van der Waals surface area contributed by atoms with Crippen LogP contribution in [-0.2, 0) is 11.3 Å². The molecule has 0 aliphatic carbocycles. The van der Waals surface area contributed by atoms with Crippen LogP contribution in [0.25, 0.3) is 11.5 Å². The van der Waals surface area contributed by atoms with Crippen LogP contribution in [0.5, 0.6) is 0 Å². The Bertz CT molecular complexity index is 960. The highest BCUT2D eigenvalue weighted by Crippen LogP contribution is 2.17. The topological polar surface area (TPSA) is 97.1 Å². The van der Waals surface area contributed by atoms with Crippen LogP contribution in [0.2, 0.25) is 0 Å². The summed E-state index contributed by atoms with van der Waals surface area (Å²) in [6.45, 7) is 5.82. The van der Waals surface area contributed by atoms with E-state index in [0.29, 0.717) is 23.8 Å². The molecule has 0 spiro atoms. The Kier molecular flexibility index (Phi) is 5.84. The van der Waals surface area contributed by atoms with Crippen LogP contribution >= 0.6 is 0 Å². The summed E-state index contributed by atoms with van der Waals surface area (Å²) in [5.74, 6) is 0.709. The van der Waals surface area contributed by atoms with Gasteiger partial charge in [-0.1, -0.05) is 31.1 Å². The summed E-state index contributed by atoms with van der Waals surface area (Å²) in [5, 5.41) is 9.47. The van der Waals surface area contributed by atoms with Gasteiger partial charge >= 0.3 is 0 Å². The maximum absolute atomic E-state index is 12.3. The van der Waals surface area contributed by atoms with Gasteiger partial charge in [-0.15, -0.1) is 0 Å². The van der Waals surface area contributed by atoms with Crippen molar-refractivity contribution in [1.82, 2.24) is 15.5 Å². The molecule has 3 rings (SSSR count). The van der Waals surface area contributed by atoms with Crippen molar-refractivity contribution in [2.24, 2.45) is 5.92 Å². The molecule has 0 saturated heterocycles. The molecule has 0 atom stereocenters. The van der Waals surface area contributed by atoms with Crippen LogP contribution in [-0.4, -0.2) is 22.0 Å². The highest BCUT2D eigenvalue weighted by Gasteiger charge is 2.10. The van der Waals surface area contributed by atoms with Crippen molar-refractivity contribution in [3.8, 4) is 11.5 Å². The normalized spacial score (nSPS) is 10.7. The zero-order valence-electron chi connectivity index (χ0n) is 16.0. The predicted molar refractivity (Wildman–Crippen MR) is 106 cm³/mol. The van der Waals surface area contributed by atoms with Crippen LogP contribution in [0.15, 0.2) is 53.1 Å². The standard InChI is InChI=1S/C21H22N4O3/c1-13(2)19(26)24-18-10-4-15(5-11-18)12-22-20(27)16-6-8-17(9-7-16)21-23-14(3)25-28-21/h4-11,13H,12H2,1-3H3,(H,22,27)(H,24,26). The molecule has 28 heavy (non-hydrogen) atoms. The Morgan fingerprint density at radius 3 is 2.29 bits per heavy atom. The first-order chi connectivity index (χ1) is 13.4. The van der Waals surface area contributed by atoms with Gasteiger partial charge in [0.25, 0.3) is 11.8 Å². The fourth-order valence-corrected chi connectivity index (χ4v) is 2.46. The molecular formula is C21H22N4O3. The number of carbonyl (C=O) groups is 2. The highest BCUT2D eigenvalue weighted by molar-refractivity contribution is 5.94. The van der Waals surface area contributed by atoms with Crippen molar-refractivity contribution >= 4 is 17.5 Å². The summed E-state index contributed by atoms with van der Waals surface area (Å²) in [4.78, 5) is 28.2. The average Bonchev–Trinajstić information content (AvgIpc) is 3.13. The number of carbonyl (C=O) groups excluding carboxylic acids is 2. The number of hydrogen-bond acceptors (Lipinski definition) is 5. The molecular weight excluding hydrogens is 356 g/mol. The van der Waals surface area contributed by atoms with E-state index in [1.165, 1.54) is 0 Å². The first kappa shape index (κ1) is 19.3. The van der Waals surface area contributed by atoms with Crippen molar-refractivity contribution in [1.29, 1.82) is 0 Å². The van der Waals surface area contributed by atoms with Crippen molar-refractivity contribution in [3.05, 3.63) is 65.5 Å². The second-order valence-corrected chi connectivity index (χ2v) is 6.75. The first-order valence-corrected chi connectivity index (χ1v) is 9.01. The molecule has 1 heterocycles. The van der Waals surface area contributed by atoms with Gasteiger partial charge in [0, 0.05) is 29.3 Å². The van der Waals surface area contributed by atoms with E-state index < -0.39 is 0 Å². The van der Waals surface area contributed by atoms with Gasteiger partial charge in [0.2, 0.25) is 5.91 Å². The molecule has 7 heteroatoms. The molecule has 2 amide bonds. The molecule has 0 radical (unpaired) electrons. The van der Waals surface area contributed by atoms with E-state index in [1.807, 2.05) is 38.1 Å². The van der Waals surface area contributed by atoms with E-state index in [1.54, 1.807) is 31.2 Å². The van der Waals surface area contributed by atoms with E-state index in [4.69, 9.17) is 4.52 Å². The zero-order chi connectivity index (χ0) is 20.1. The fourth-order valence-electron chi connectivity index (χ4n) is 2.46. The van der Waals surface area contributed by atoms with E-state index in [0.717, 1.165) is 16.8 Å². The van der Waals surface area contributed by atoms with E-state index in [9.17, 15) is 9.59 Å². The van der Waals surface area contributed by atoms with Crippen LogP contribution in [0.4, 0.5) is 5.69 Å². The third-order valence-electron chi connectivity index (χ3n) is 4.12. The van der Waals surface area contributed by atoms with Crippen molar-refractivity contribution in [2.75, 3.05) is 5.32 Å². The number of aryl methyl sites for hydroxylation is 1. The van der Waals surface area contributed by atoms with Gasteiger partial charge in [0.15, 0.2) is 5.82 Å². The predicted octanol–water partition coefficient (Wildman–Crippen LogP) is 3.57. The summed E-state index contributed by atoms with van der Waals surface area (Å²) < 4.78 is 5.11. The maximum Gasteiger partial charge on any atom is 0.257 e. The second kappa shape index (κ2) is 8.47. The Labute approximate surface area is 163 Å². The Hall–Kier alpha value is -3.48. The molecule has 7 nitrogen and oxygen atoms in total. The molecule has 1 aromatic heterocycles. The summed E-state index contributed by atoms with van der Waals surface area (Å²) >= 11 is 0. The van der Waals surface area contributed by atoms with Gasteiger partial charge in [-0.25, -0.2) is 0 Å². The van der Waals surface area contributed by atoms with Crippen LogP contribution in [0, 0.1) is 12.8 Å². The summed E-state index contributed by atoms with van der Waals surface area (Å²) in [6.07, 6.45) is 0. The fraction of sp³-hybridized carbons (Fsp3) is 0.238. The molecule has 2 aromatic carbocycles. The summed E-state index contributed by atoms with van der Waals surface area (Å²) in [6, 6.07) is 14.4. The molecule has 0 saturated carbocycles. The Morgan fingerprint density at radius 1 is 1.04 bits per heavy atom. The maximum atomic E-state index is 12.3. The van der Waals surface area contributed by atoms with Gasteiger partial charge in [0.1, 0.15) is 0 Å². The summed E-state index contributed by atoms with van der Waals surface area (Å²) in [7, 11) is 0. The van der Waals surface area contributed by atoms with Crippen LogP contribution in [0.1, 0.15) is 35.6 Å². The second-order valence-electron chi connectivity index (χ2n) is 6.75. The molecule has 3 aromatic rings. The smallest absolute Gasteiger partial charge is 0.257 e. The SMILES string of the molecule is Cc1noc(-c2ccc(C(=O)NCc3ccc(NC(=O)C(C)C)cc3)cc2)n1. The molecule has 0 unspecified atom stereocenters. The van der Waals surface area contributed by atoms with E-state index in [-0.39, 0.29) is 17.7 Å². The molecule has 0 fully saturated rings. The third-order valence-corrected chi connectivity index (χ3v) is 4.12. The third kappa shape index (κ3) is 4.82. The minimum Gasteiger partial charge on any atom is -0.348 e. The van der Waals surface area contributed by atoms with Gasteiger partial charge < -0.3 is 15.2 Å². The highest BCUT2D eigenvalue weighted by atomic mass is 16.5. The number of rotatable bonds is 6. The number of amides is 2. The number of hydrogen-bond donors (Lipinski definition) is 2. The minimum absolute atomic E-state index is 0.0276. The monoisotopic (exact) mass is 378 g/mol. The van der Waals surface area contributed by atoms with Gasteiger partial charge in [-0.2, -0.15) is 4.98 Å². The lowest BCUT2D eigenvalue weighted by Crippen LogP contribution is -2.22. The minimum atomic E-state index is -0.176. The first-order valence-electron chi connectivity index (χ1n) is 9.01. The Balaban J connectivity index is 1.55. The van der Waals surface area contributed by atoms with Gasteiger partial charge in [0.05, 0.1) is 0 Å². The van der Waals surface area contributed by atoms with Crippen molar-refractivity contribution < 1.29 is 14.1 Å². The van der Waals surface area contributed by atoms with Gasteiger partial charge in [-0.3, -0.25) is 9.59 Å². The molecule has 0 aliphatic heterocycles. The largest absolute Gasteiger partial charge is 0.348 e. The lowest BCUT2D eigenvalue weighted by Gasteiger charge is -2.09. The van der Waals surface area contributed by atoms with Crippen molar-refractivity contribution in [2.45, 2.75) is 27.3 Å². The number of nitrogens with zero attached hydrogens (tertiary/aromatic N) is 2. The molecule has 2 N–H and O–H groups in total. The molecule has 0 aliphatic rings. The zero-order valence-corrected chi connectivity index (χ0v) is 16.0. The lowest BCUT2D eigenvalue weighted by molar-refractivity contribution is -0.118. The quantitative estimate of drug-likeness (QED) is 0.683. The Morgan fingerprint density at radius 2 is 1.71 bits per heavy atom. The summed E-state index contributed by atoms with van der Waals surface area (Å²) in [5.41, 5.74) is 2.98. The van der Waals surface area contributed by atoms with Crippen LogP contribution < -0.4 is 10.6 Å². The average molecular weight is 378 g/mol. The number of nitrogens with one attached hydrogen (secondary N) is 2. The molecule has 144 valence electrons. The molecule has 0 bridgehead atoms. The van der Waals surface area contributed by atoms with E-state index >= 15 is 0 Å². The lowest BCUT2D eigenvalue weighted by atomic mass is 10.1. The van der Waals surface area contributed by atoms with Crippen molar-refractivity contribution in [3.63, 3.8) is 0 Å². The van der Waals surface area contributed by atoms with E-state index in [2.05, 4.69) is 20.8 Å². The number of aromatic nitrogens is 2.